The Morgan fingerprint density at radius 2 is 2.15 bits per heavy atom. The Kier molecular flexibility index (Phi) is 3.57. The van der Waals surface area contributed by atoms with Gasteiger partial charge in [-0.15, -0.1) is 0 Å². The minimum atomic E-state index is -0.882. The van der Waals surface area contributed by atoms with Gasteiger partial charge in [0.1, 0.15) is 23.4 Å². The van der Waals surface area contributed by atoms with Crippen LogP contribution in [0.25, 0.3) is 0 Å². The number of furan rings is 1. The number of hydrogen-bond donors (Lipinski definition) is 1. The Balaban J connectivity index is 1.76. The molecule has 4 heteroatoms. The molecule has 1 N–H and O–H groups in total. The lowest BCUT2D eigenvalue weighted by atomic mass is 10.1. The fraction of sp³-hybridized carbons (Fsp3) is 0.375. The average Bonchev–Trinajstić information content (AvgIpc) is 2.95. The van der Waals surface area contributed by atoms with Crippen molar-refractivity contribution < 1.29 is 13.9 Å². The van der Waals surface area contributed by atoms with Gasteiger partial charge in [0.15, 0.2) is 0 Å². The first-order valence-electron chi connectivity index (χ1n) is 6.77. The molecular weight excluding hydrogens is 279 g/mol. The van der Waals surface area contributed by atoms with Crippen molar-refractivity contribution >= 4 is 11.6 Å². The smallest absolute Gasteiger partial charge is 0.133 e. The van der Waals surface area contributed by atoms with Crippen molar-refractivity contribution in [3.63, 3.8) is 0 Å². The lowest BCUT2D eigenvalue weighted by Crippen LogP contribution is -2.03. The second-order valence-corrected chi connectivity index (χ2v) is 5.89. The van der Waals surface area contributed by atoms with Gasteiger partial charge >= 0.3 is 0 Å². The van der Waals surface area contributed by atoms with Crippen LogP contribution < -0.4 is 0 Å². The fourth-order valence-corrected chi connectivity index (χ4v) is 2.73. The second kappa shape index (κ2) is 5.23. The van der Waals surface area contributed by atoms with Gasteiger partial charge in [0, 0.05) is 22.9 Å². The highest BCUT2D eigenvalue weighted by atomic mass is 35.5. The Bertz CT molecular complexity index is 602. The van der Waals surface area contributed by atoms with E-state index in [2.05, 4.69) is 6.92 Å². The first kappa shape index (κ1) is 13.7. The standard InChI is InChI=1S/C16H16ClFO2/c1-9-7-10(9)15-5-6-16(20-15)14(19)8-11-12(17)3-2-4-13(11)18/h2-6,9-10,14,19H,7-8H2,1H3. The van der Waals surface area contributed by atoms with E-state index in [4.69, 9.17) is 16.0 Å². The molecule has 0 spiro atoms. The van der Waals surface area contributed by atoms with Crippen molar-refractivity contribution in [2.24, 2.45) is 5.92 Å². The van der Waals surface area contributed by atoms with E-state index >= 15 is 0 Å². The summed E-state index contributed by atoms with van der Waals surface area (Å²) < 4.78 is 19.4. The first-order valence-corrected chi connectivity index (χ1v) is 7.14. The number of rotatable bonds is 4. The topological polar surface area (TPSA) is 33.4 Å². The van der Waals surface area contributed by atoms with Gasteiger partial charge in [0.05, 0.1) is 0 Å². The molecule has 0 radical (unpaired) electrons. The zero-order valence-electron chi connectivity index (χ0n) is 11.1. The van der Waals surface area contributed by atoms with E-state index in [0.29, 0.717) is 28.2 Å². The average molecular weight is 295 g/mol. The van der Waals surface area contributed by atoms with Gasteiger partial charge in [-0.05, 0) is 36.6 Å². The van der Waals surface area contributed by atoms with Crippen LogP contribution in [-0.4, -0.2) is 5.11 Å². The van der Waals surface area contributed by atoms with Crippen molar-refractivity contribution in [2.45, 2.75) is 31.8 Å². The van der Waals surface area contributed by atoms with Gasteiger partial charge in [-0.25, -0.2) is 4.39 Å². The van der Waals surface area contributed by atoms with E-state index in [0.717, 1.165) is 12.2 Å². The zero-order chi connectivity index (χ0) is 14.3. The molecular formula is C16H16ClFO2. The van der Waals surface area contributed by atoms with E-state index in [9.17, 15) is 9.50 Å². The lowest BCUT2D eigenvalue weighted by Gasteiger charge is -2.10. The number of benzene rings is 1. The SMILES string of the molecule is CC1CC1c1ccc(C(O)Cc2c(F)cccc2Cl)o1. The lowest BCUT2D eigenvalue weighted by molar-refractivity contribution is 0.147. The maximum Gasteiger partial charge on any atom is 0.133 e. The zero-order valence-corrected chi connectivity index (χ0v) is 11.9. The van der Waals surface area contributed by atoms with Crippen LogP contribution in [0.15, 0.2) is 34.7 Å². The minimum Gasteiger partial charge on any atom is -0.463 e. The highest BCUT2D eigenvalue weighted by Crippen LogP contribution is 2.47. The summed E-state index contributed by atoms with van der Waals surface area (Å²) in [6.07, 6.45) is 0.355. The van der Waals surface area contributed by atoms with Crippen molar-refractivity contribution in [1.82, 2.24) is 0 Å². The van der Waals surface area contributed by atoms with E-state index in [1.54, 1.807) is 18.2 Å². The van der Waals surface area contributed by atoms with Crippen LogP contribution in [0.3, 0.4) is 0 Å². The summed E-state index contributed by atoms with van der Waals surface area (Å²) >= 11 is 5.96. The number of hydrogen-bond acceptors (Lipinski definition) is 2. The molecule has 2 aromatic rings. The summed E-state index contributed by atoms with van der Waals surface area (Å²) in [5.74, 6) is 2.09. The Labute approximate surface area is 122 Å². The Hall–Kier alpha value is -1.32. The molecule has 1 heterocycles. The molecule has 0 aliphatic heterocycles. The third kappa shape index (κ3) is 2.60. The van der Waals surface area contributed by atoms with Crippen LogP contribution in [0.1, 0.15) is 42.5 Å². The van der Waals surface area contributed by atoms with Gasteiger partial charge < -0.3 is 9.52 Å². The van der Waals surface area contributed by atoms with Gasteiger partial charge in [0.25, 0.3) is 0 Å². The largest absolute Gasteiger partial charge is 0.463 e. The van der Waals surface area contributed by atoms with Crippen molar-refractivity contribution in [1.29, 1.82) is 0 Å². The van der Waals surface area contributed by atoms with Crippen LogP contribution in [0, 0.1) is 11.7 Å². The van der Waals surface area contributed by atoms with Crippen LogP contribution in [0.4, 0.5) is 4.39 Å². The molecule has 1 aromatic carbocycles. The molecule has 0 saturated heterocycles. The predicted molar refractivity (Wildman–Crippen MR) is 75.3 cm³/mol. The van der Waals surface area contributed by atoms with Gasteiger partial charge in [-0.2, -0.15) is 0 Å². The maximum atomic E-state index is 13.7. The van der Waals surface area contributed by atoms with Crippen LogP contribution in [0.5, 0.6) is 0 Å². The fourth-order valence-electron chi connectivity index (χ4n) is 2.49. The molecule has 2 nitrogen and oxygen atoms in total. The first-order chi connectivity index (χ1) is 9.56. The second-order valence-electron chi connectivity index (χ2n) is 5.48. The molecule has 1 saturated carbocycles. The number of aliphatic hydroxyl groups excluding tert-OH is 1. The summed E-state index contributed by atoms with van der Waals surface area (Å²) in [6, 6.07) is 8.17. The van der Waals surface area contributed by atoms with Gasteiger partial charge in [-0.1, -0.05) is 24.6 Å². The van der Waals surface area contributed by atoms with E-state index in [1.165, 1.54) is 6.07 Å². The molecule has 1 aliphatic rings. The molecule has 0 bridgehead atoms. The summed E-state index contributed by atoms with van der Waals surface area (Å²) in [7, 11) is 0. The van der Waals surface area contributed by atoms with Gasteiger partial charge in [-0.3, -0.25) is 0 Å². The van der Waals surface area contributed by atoms with E-state index < -0.39 is 11.9 Å². The maximum absolute atomic E-state index is 13.7. The third-order valence-corrected chi connectivity index (χ3v) is 4.26. The Morgan fingerprint density at radius 3 is 2.80 bits per heavy atom. The predicted octanol–water partition coefficient (Wildman–Crippen LogP) is 4.47. The summed E-state index contributed by atoms with van der Waals surface area (Å²) in [6.45, 7) is 2.17. The normalized spacial score (nSPS) is 22.8. The van der Waals surface area contributed by atoms with Crippen LogP contribution >= 0.6 is 11.6 Å². The van der Waals surface area contributed by atoms with Gasteiger partial charge in [0.2, 0.25) is 0 Å². The highest BCUT2D eigenvalue weighted by Gasteiger charge is 2.37. The number of halogens is 2. The quantitative estimate of drug-likeness (QED) is 0.902. The molecule has 3 atom stereocenters. The molecule has 0 amide bonds. The summed E-state index contributed by atoms with van der Waals surface area (Å²) in [4.78, 5) is 0. The minimum absolute atomic E-state index is 0.110. The molecule has 106 valence electrons. The van der Waals surface area contributed by atoms with Crippen LogP contribution in [-0.2, 0) is 6.42 Å². The Morgan fingerprint density at radius 1 is 1.40 bits per heavy atom. The van der Waals surface area contributed by atoms with E-state index in [-0.39, 0.29) is 6.42 Å². The highest BCUT2D eigenvalue weighted by molar-refractivity contribution is 6.31. The van der Waals surface area contributed by atoms with Crippen molar-refractivity contribution in [3.8, 4) is 0 Å². The number of aliphatic hydroxyl groups is 1. The molecule has 1 fully saturated rings. The molecule has 20 heavy (non-hydrogen) atoms. The van der Waals surface area contributed by atoms with Crippen molar-refractivity contribution in [2.75, 3.05) is 0 Å². The third-order valence-electron chi connectivity index (χ3n) is 3.91. The molecule has 3 rings (SSSR count). The molecule has 1 aromatic heterocycles. The van der Waals surface area contributed by atoms with E-state index in [1.807, 2.05) is 6.07 Å². The summed E-state index contributed by atoms with van der Waals surface area (Å²) in [5, 5.41) is 10.5. The molecule has 1 aliphatic carbocycles. The molecule has 3 unspecified atom stereocenters. The summed E-state index contributed by atoms with van der Waals surface area (Å²) in [5.41, 5.74) is 0.319. The van der Waals surface area contributed by atoms with Crippen LogP contribution in [0.2, 0.25) is 5.02 Å². The monoisotopic (exact) mass is 294 g/mol. The van der Waals surface area contributed by atoms with Crippen molar-refractivity contribution in [3.05, 3.63) is 58.3 Å².